The van der Waals surface area contributed by atoms with Crippen molar-refractivity contribution in [3.8, 4) is 5.75 Å². The SMILES string of the molecule is CC(C)C[C@H](NC(=O)COc1c(C(=O)O)ccc2ccccc12)C(=O)N[C@@H](CC(=O)O)C(=O)COC(=O)c1c(Cl)cccc1Cl. The molecule has 12 nitrogen and oxygen atoms in total. The van der Waals surface area contributed by atoms with Crippen molar-refractivity contribution in [3.63, 3.8) is 0 Å². The third-order valence-corrected chi connectivity index (χ3v) is 7.04. The van der Waals surface area contributed by atoms with Crippen molar-refractivity contribution >= 4 is 69.5 Å². The van der Waals surface area contributed by atoms with Crippen LogP contribution in [-0.4, -0.2) is 71.0 Å². The highest BCUT2D eigenvalue weighted by molar-refractivity contribution is 6.39. The lowest BCUT2D eigenvalue weighted by Crippen LogP contribution is -2.53. The molecule has 45 heavy (non-hydrogen) atoms. The van der Waals surface area contributed by atoms with Crippen LogP contribution in [-0.2, 0) is 23.9 Å². The molecule has 0 aliphatic carbocycles. The maximum absolute atomic E-state index is 13.2. The van der Waals surface area contributed by atoms with Gasteiger partial charge in [-0.3, -0.25) is 19.2 Å². The number of carbonyl (C=O) groups excluding carboxylic acids is 4. The van der Waals surface area contributed by atoms with Crippen molar-refractivity contribution in [1.82, 2.24) is 10.6 Å². The summed E-state index contributed by atoms with van der Waals surface area (Å²) in [6.45, 7) is 2.01. The summed E-state index contributed by atoms with van der Waals surface area (Å²) in [7, 11) is 0. The lowest BCUT2D eigenvalue weighted by atomic mass is 10.0. The van der Waals surface area contributed by atoms with Crippen molar-refractivity contribution in [1.29, 1.82) is 0 Å². The first-order chi connectivity index (χ1) is 21.3. The van der Waals surface area contributed by atoms with Crippen LogP contribution < -0.4 is 15.4 Å². The normalized spacial score (nSPS) is 12.2. The number of rotatable bonds is 15. The molecule has 2 amide bonds. The van der Waals surface area contributed by atoms with Gasteiger partial charge in [0.1, 0.15) is 23.4 Å². The summed E-state index contributed by atoms with van der Waals surface area (Å²) in [5.74, 6) is -6.44. The maximum atomic E-state index is 13.2. The molecule has 0 saturated heterocycles. The van der Waals surface area contributed by atoms with E-state index in [0.717, 1.165) is 0 Å². The van der Waals surface area contributed by atoms with Gasteiger partial charge < -0.3 is 30.3 Å². The lowest BCUT2D eigenvalue weighted by molar-refractivity contribution is -0.141. The summed E-state index contributed by atoms with van der Waals surface area (Å²) in [6, 6.07) is 11.2. The molecule has 0 bridgehead atoms. The molecule has 0 aromatic heterocycles. The number of carbonyl (C=O) groups is 6. The Labute approximate surface area is 267 Å². The zero-order valence-corrected chi connectivity index (χ0v) is 25.7. The number of ether oxygens (including phenoxy) is 2. The van der Waals surface area contributed by atoms with Gasteiger partial charge in [0.25, 0.3) is 5.91 Å². The number of ketones is 1. The fourth-order valence-corrected chi connectivity index (χ4v) is 4.89. The highest BCUT2D eigenvalue weighted by atomic mass is 35.5. The number of aliphatic carboxylic acids is 1. The summed E-state index contributed by atoms with van der Waals surface area (Å²) in [5.41, 5.74) is -0.348. The number of hydrogen-bond donors (Lipinski definition) is 4. The Morgan fingerprint density at radius 3 is 2.11 bits per heavy atom. The molecular weight excluding hydrogens is 631 g/mol. The Morgan fingerprint density at radius 2 is 1.49 bits per heavy atom. The number of halogens is 2. The summed E-state index contributed by atoms with van der Waals surface area (Å²) >= 11 is 12.0. The van der Waals surface area contributed by atoms with Gasteiger partial charge in [-0.1, -0.05) is 73.4 Å². The molecule has 0 fully saturated rings. The van der Waals surface area contributed by atoms with E-state index < -0.39 is 67.2 Å². The topological polar surface area (TPSA) is 185 Å². The standard InChI is InChI=1S/C31H30Cl2N2O10/c1-16(2)12-23(34-25(37)15-44-28-18-7-4-3-6-17(18)10-11-19(28)30(41)42)29(40)35-22(13-26(38)39)24(36)14-45-31(43)27-20(32)8-5-9-21(27)33/h3-11,16,22-23H,12-15H2,1-2H3,(H,34,37)(H,35,40)(H,38,39)(H,41,42)/t22-,23-/m0/s1. The minimum Gasteiger partial charge on any atom is -0.482 e. The predicted octanol–water partition coefficient (Wildman–Crippen LogP) is 4.14. The van der Waals surface area contributed by atoms with E-state index in [0.29, 0.717) is 10.8 Å². The monoisotopic (exact) mass is 660 g/mol. The smallest absolute Gasteiger partial charge is 0.341 e. The average Bonchev–Trinajstić information content (AvgIpc) is 2.97. The van der Waals surface area contributed by atoms with Crippen LogP contribution in [0.1, 0.15) is 47.4 Å². The van der Waals surface area contributed by atoms with Crippen LogP contribution in [0.25, 0.3) is 10.8 Å². The van der Waals surface area contributed by atoms with Crippen molar-refractivity contribution in [2.45, 2.75) is 38.8 Å². The number of carboxylic acids is 2. The lowest BCUT2D eigenvalue weighted by Gasteiger charge is -2.23. The van der Waals surface area contributed by atoms with Crippen LogP contribution in [0, 0.1) is 5.92 Å². The second-order valence-corrected chi connectivity index (χ2v) is 11.1. The van der Waals surface area contributed by atoms with Crippen LogP contribution in [0.5, 0.6) is 5.75 Å². The van der Waals surface area contributed by atoms with Crippen molar-refractivity contribution < 1.29 is 48.5 Å². The molecular formula is C31H30Cl2N2O10. The van der Waals surface area contributed by atoms with Gasteiger partial charge in [0.2, 0.25) is 5.91 Å². The van der Waals surface area contributed by atoms with E-state index in [2.05, 4.69) is 10.6 Å². The molecule has 2 atom stereocenters. The van der Waals surface area contributed by atoms with Crippen LogP contribution in [0.15, 0.2) is 54.6 Å². The molecule has 0 heterocycles. The molecule has 0 aliphatic heterocycles. The van der Waals surface area contributed by atoms with Gasteiger partial charge in [-0.05, 0) is 35.9 Å². The van der Waals surface area contributed by atoms with Gasteiger partial charge in [0.05, 0.1) is 22.0 Å². The fraction of sp³-hybridized carbons (Fsp3) is 0.290. The van der Waals surface area contributed by atoms with Gasteiger partial charge in [-0.2, -0.15) is 0 Å². The van der Waals surface area contributed by atoms with Crippen molar-refractivity contribution in [3.05, 3.63) is 75.8 Å². The first-order valence-corrected chi connectivity index (χ1v) is 14.4. The Hall–Kier alpha value is -4.68. The van der Waals surface area contributed by atoms with Gasteiger partial charge >= 0.3 is 17.9 Å². The third kappa shape index (κ3) is 9.65. The van der Waals surface area contributed by atoms with E-state index in [4.69, 9.17) is 32.7 Å². The molecule has 0 unspecified atom stereocenters. The van der Waals surface area contributed by atoms with E-state index in [1.807, 2.05) is 0 Å². The number of carboxylic acid groups (broad SMARTS) is 2. The van der Waals surface area contributed by atoms with Crippen LogP contribution >= 0.6 is 23.2 Å². The Bertz CT molecular complexity index is 1600. The number of fused-ring (bicyclic) bond motifs is 1. The van der Waals surface area contributed by atoms with E-state index in [1.54, 1.807) is 44.2 Å². The number of amides is 2. The third-order valence-electron chi connectivity index (χ3n) is 6.41. The van der Waals surface area contributed by atoms with Gasteiger partial charge in [-0.15, -0.1) is 0 Å². The molecule has 238 valence electrons. The highest BCUT2D eigenvalue weighted by Gasteiger charge is 2.30. The number of nitrogens with one attached hydrogen (secondary N) is 2. The predicted molar refractivity (Wildman–Crippen MR) is 164 cm³/mol. The molecule has 0 spiro atoms. The number of aromatic carboxylic acids is 1. The molecule has 3 rings (SSSR count). The first kappa shape index (κ1) is 34.8. The Balaban J connectivity index is 1.70. The Morgan fingerprint density at radius 1 is 0.822 bits per heavy atom. The number of benzene rings is 3. The number of esters is 1. The summed E-state index contributed by atoms with van der Waals surface area (Å²) in [4.78, 5) is 74.7. The molecule has 3 aromatic carbocycles. The largest absolute Gasteiger partial charge is 0.482 e. The zero-order valence-electron chi connectivity index (χ0n) is 24.2. The second-order valence-electron chi connectivity index (χ2n) is 10.3. The zero-order chi connectivity index (χ0) is 33.3. The van der Waals surface area contributed by atoms with Gasteiger partial charge in [0.15, 0.2) is 19.0 Å². The minimum absolute atomic E-state index is 0.0220. The summed E-state index contributed by atoms with van der Waals surface area (Å²) in [6.07, 6.45) is -0.736. The minimum atomic E-state index is -1.61. The highest BCUT2D eigenvalue weighted by Crippen LogP contribution is 2.30. The van der Waals surface area contributed by atoms with Gasteiger partial charge in [-0.25, -0.2) is 9.59 Å². The van der Waals surface area contributed by atoms with E-state index in [-0.39, 0.29) is 39.3 Å². The Kier molecular flexibility index (Phi) is 12.3. The van der Waals surface area contributed by atoms with E-state index in [1.165, 1.54) is 24.3 Å². The molecule has 0 radical (unpaired) electrons. The quantitative estimate of drug-likeness (QED) is 0.173. The van der Waals surface area contributed by atoms with Gasteiger partial charge in [0, 0.05) is 5.39 Å². The number of Topliss-reactive ketones (excluding diaryl/α,β-unsaturated/α-hetero) is 1. The summed E-state index contributed by atoms with van der Waals surface area (Å²) < 4.78 is 10.6. The first-order valence-electron chi connectivity index (χ1n) is 13.6. The van der Waals surface area contributed by atoms with E-state index in [9.17, 15) is 39.0 Å². The average molecular weight is 661 g/mol. The summed E-state index contributed by atoms with van der Waals surface area (Å²) in [5, 5.41) is 24.9. The molecule has 3 aromatic rings. The molecule has 0 saturated carbocycles. The molecule has 14 heteroatoms. The molecule has 0 aliphatic rings. The fourth-order valence-electron chi connectivity index (χ4n) is 4.34. The van der Waals surface area contributed by atoms with Crippen molar-refractivity contribution in [2.24, 2.45) is 5.92 Å². The van der Waals surface area contributed by atoms with Crippen LogP contribution in [0.4, 0.5) is 0 Å². The van der Waals surface area contributed by atoms with Crippen LogP contribution in [0.3, 0.4) is 0 Å². The van der Waals surface area contributed by atoms with Crippen LogP contribution in [0.2, 0.25) is 10.0 Å². The maximum Gasteiger partial charge on any atom is 0.341 e. The molecule has 4 N–H and O–H groups in total. The van der Waals surface area contributed by atoms with Crippen molar-refractivity contribution in [2.75, 3.05) is 13.2 Å². The number of hydrogen-bond acceptors (Lipinski definition) is 8. The second kappa shape index (κ2) is 15.9. The van der Waals surface area contributed by atoms with E-state index >= 15 is 0 Å².